The number of hydrogen-bond donors (Lipinski definition) is 2. The summed E-state index contributed by atoms with van der Waals surface area (Å²) in [6.07, 6.45) is 0.343. The summed E-state index contributed by atoms with van der Waals surface area (Å²) in [6.45, 7) is 5.31. The molecule has 0 radical (unpaired) electrons. The zero-order valence-corrected chi connectivity index (χ0v) is 13.6. The Morgan fingerprint density at radius 2 is 2.09 bits per heavy atom. The van der Waals surface area contributed by atoms with Crippen molar-refractivity contribution in [3.8, 4) is 0 Å². The van der Waals surface area contributed by atoms with Crippen molar-refractivity contribution < 1.29 is 14.6 Å². The van der Waals surface area contributed by atoms with Gasteiger partial charge >= 0.3 is 5.97 Å². The van der Waals surface area contributed by atoms with E-state index in [0.717, 1.165) is 48.5 Å². The van der Waals surface area contributed by atoms with E-state index in [1.54, 1.807) is 0 Å². The van der Waals surface area contributed by atoms with Crippen molar-refractivity contribution in [2.75, 3.05) is 31.2 Å². The number of morpholine rings is 1. The summed E-state index contributed by atoms with van der Waals surface area (Å²) in [7, 11) is 2.01. The van der Waals surface area contributed by atoms with E-state index >= 15 is 0 Å². The summed E-state index contributed by atoms with van der Waals surface area (Å²) in [6, 6.07) is 5.47. The number of hydrogen-bond acceptors (Lipinski definition) is 4. The number of fused-ring (bicyclic) bond motifs is 1. The van der Waals surface area contributed by atoms with E-state index in [2.05, 4.69) is 27.7 Å². The highest BCUT2D eigenvalue weighted by atomic mass is 16.5. The van der Waals surface area contributed by atoms with Gasteiger partial charge in [-0.15, -0.1) is 0 Å². The molecule has 6 nitrogen and oxygen atoms in total. The maximum Gasteiger partial charge on any atom is 0.320 e. The molecule has 0 amide bonds. The van der Waals surface area contributed by atoms with Gasteiger partial charge in [0, 0.05) is 43.3 Å². The first kappa shape index (κ1) is 15.8. The van der Waals surface area contributed by atoms with Crippen molar-refractivity contribution in [3.63, 3.8) is 0 Å². The van der Waals surface area contributed by atoms with E-state index in [1.807, 2.05) is 14.0 Å². The molecule has 124 valence electrons. The molecule has 0 aliphatic carbocycles. The Morgan fingerprint density at radius 3 is 2.74 bits per heavy atom. The van der Waals surface area contributed by atoms with Gasteiger partial charge < -0.3 is 25.0 Å². The Balaban J connectivity index is 2.00. The lowest BCUT2D eigenvalue weighted by molar-refractivity contribution is -0.138. The van der Waals surface area contributed by atoms with Gasteiger partial charge in [0.25, 0.3) is 0 Å². The van der Waals surface area contributed by atoms with E-state index in [0.29, 0.717) is 6.42 Å². The lowest BCUT2D eigenvalue weighted by Gasteiger charge is -2.29. The van der Waals surface area contributed by atoms with Gasteiger partial charge in [0.15, 0.2) is 0 Å². The number of ether oxygens (including phenoxy) is 1. The minimum Gasteiger partial charge on any atom is -0.480 e. The van der Waals surface area contributed by atoms with Crippen LogP contribution in [0.25, 0.3) is 10.9 Å². The Kier molecular flexibility index (Phi) is 4.28. The Morgan fingerprint density at radius 1 is 1.39 bits per heavy atom. The van der Waals surface area contributed by atoms with E-state index in [-0.39, 0.29) is 0 Å². The van der Waals surface area contributed by atoms with Crippen molar-refractivity contribution in [1.82, 2.24) is 4.57 Å². The maximum absolute atomic E-state index is 11.1. The van der Waals surface area contributed by atoms with Crippen molar-refractivity contribution >= 4 is 22.6 Å². The summed E-state index contributed by atoms with van der Waals surface area (Å²) in [5.41, 5.74) is 10.1. The maximum atomic E-state index is 11.1. The Hall–Kier alpha value is -2.05. The first-order valence-corrected chi connectivity index (χ1v) is 7.88. The topological polar surface area (TPSA) is 80.7 Å². The van der Waals surface area contributed by atoms with Crippen LogP contribution in [0.5, 0.6) is 0 Å². The van der Waals surface area contributed by atoms with Crippen LogP contribution < -0.4 is 10.6 Å². The second-order valence-corrected chi connectivity index (χ2v) is 6.07. The molecule has 1 aliphatic rings. The van der Waals surface area contributed by atoms with Gasteiger partial charge in [-0.1, -0.05) is 6.07 Å². The lowest BCUT2D eigenvalue weighted by Crippen LogP contribution is -2.36. The SMILES string of the molecule is Cc1c(CC(N)C(=O)O)c2ccc(N3CCOCC3)cc2n1C. The summed E-state index contributed by atoms with van der Waals surface area (Å²) in [4.78, 5) is 13.4. The monoisotopic (exact) mass is 317 g/mol. The van der Waals surface area contributed by atoms with Gasteiger partial charge in [0.2, 0.25) is 0 Å². The van der Waals surface area contributed by atoms with E-state index in [4.69, 9.17) is 15.6 Å². The number of aryl methyl sites for hydroxylation is 1. The number of carboxylic acid groups (broad SMARTS) is 1. The largest absolute Gasteiger partial charge is 0.480 e. The molecule has 0 spiro atoms. The molecule has 1 aromatic heterocycles. The molecule has 6 heteroatoms. The first-order valence-electron chi connectivity index (χ1n) is 7.88. The van der Waals surface area contributed by atoms with Gasteiger partial charge in [-0.3, -0.25) is 4.79 Å². The zero-order valence-electron chi connectivity index (χ0n) is 13.6. The summed E-state index contributed by atoms with van der Waals surface area (Å²) >= 11 is 0. The molecule has 23 heavy (non-hydrogen) atoms. The van der Waals surface area contributed by atoms with Crippen LogP contribution in [0.2, 0.25) is 0 Å². The molecule has 1 aliphatic heterocycles. The predicted octanol–water partition coefficient (Wildman–Crippen LogP) is 1.28. The lowest BCUT2D eigenvalue weighted by atomic mass is 10.0. The number of carbonyl (C=O) groups is 1. The highest BCUT2D eigenvalue weighted by Gasteiger charge is 2.20. The predicted molar refractivity (Wildman–Crippen MR) is 90.0 cm³/mol. The second-order valence-electron chi connectivity index (χ2n) is 6.07. The van der Waals surface area contributed by atoms with Crippen LogP contribution >= 0.6 is 0 Å². The highest BCUT2D eigenvalue weighted by Crippen LogP contribution is 2.30. The molecule has 1 unspecified atom stereocenters. The summed E-state index contributed by atoms with van der Waals surface area (Å²) in [5, 5.41) is 10.2. The average molecular weight is 317 g/mol. The van der Waals surface area contributed by atoms with Crippen LogP contribution in [0.3, 0.4) is 0 Å². The number of carboxylic acids is 1. The normalized spacial score (nSPS) is 16.7. The number of aliphatic carboxylic acids is 1. The number of nitrogens with two attached hydrogens (primary N) is 1. The van der Waals surface area contributed by atoms with Gasteiger partial charge in [0.05, 0.1) is 18.7 Å². The van der Waals surface area contributed by atoms with Gasteiger partial charge in [-0.2, -0.15) is 0 Å². The molecule has 3 rings (SSSR count). The van der Waals surface area contributed by atoms with Crippen LogP contribution in [0.15, 0.2) is 18.2 Å². The fourth-order valence-corrected chi connectivity index (χ4v) is 3.21. The standard InChI is InChI=1S/C17H23N3O3/c1-11-14(10-15(18)17(21)22)13-4-3-12(9-16(13)19(11)2)20-5-7-23-8-6-20/h3-4,9,15H,5-8,10,18H2,1-2H3,(H,21,22). The number of rotatable bonds is 4. The molecule has 2 aromatic rings. The molecule has 1 atom stereocenters. The van der Waals surface area contributed by atoms with Crippen LogP contribution in [-0.4, -0.2) is 48.0 Å². The van der Waals surface area contributed by atoms with E-state index in [9.17, 15) is 4.79 Å². The van der Waals surface area contributed by atoms with Crippen molar-refractivity contribution in [2.24, 2.45) is 12.8 Å². The minimum atomic E-state index is -0.966. The summed E-state index contributed by atoms with van der Waals surface area (Å²) in [5.74, 6) is -0.966. The smallest absolute Gasteiger partial charge is 0.320 e. The van der Waals surface area contributed by atoms with Crippen LogP contribution in [0.1, 0.15) is 11.3 Å². The van der Waals surface area contributed by atoms with Gasteiger partial charge in [-0.25, -0.2) is 0 Å². The van der Waals surface area contributed by atoms with Gasteiger partial charge in [-0.05, 0) is 24.6 Å². The molecule has 1 aromatic carbocycles. The number of benzene rings is 1. The number of aromatic nitrogens is 1. The molecule has 0 bridgehead atoms. The van der Waals surface area contributed by atoms with Crippen molar-refractivity contribution in [3.05, 3.63) is 29.5 Å². The molecule has 2 heterocycles. The number of nitrogens with zero attached hydrogens (tertiary/aromatic N) is 2. The van der Waals surface area contributed by atoms with Crippen molar-refractivity contribution in [2.45, 2.75) is 19.4 Å². The van der Waals surface area contributed by atoms with Crippen LogP contribution in [0.4, 0.5) is 5.69 Å². The third-order valence-corrected chi connectivity index (χ3v) is 4.73. The quantitative estimate of drug-likeness (QED) is 0.888. The second kappa shape index (κ2) is 6.22. The first-order chi connectivity index (χ1) is 11.0. The van der Waals surface area contributed by atoms with Crippen molar-refractivity contribution in [1.29, 1.82) is 0 Å². The fraction of sp³-hybridized carbons (Fsp3) is 0.471. The molecule has 1 saturated heterocycles. The Labute approximate surface area is 135 Å². The zero-order chi connectivity index (χ0) is 16.6. The molecule has 0 saturated carbocycles. The third kappa shape index (κ3) is 2.92. The Bertz CT molecular complexity index is 732. The molecular formula is C17H23N3O3. The number of anilines is 1. The molecular weight excluding hydrogens is 294 g/mol. The minimum absolute atomic E-state index is 0.343. The van der Waals surface area contributed by atoms with E-state index < -0.39 is 12.0 Å². The molecule has 3 N–H and O–H groups in total. The van der Waals surface area contributed by atoms with Crippen LogP contribution in [-0.2, 0) is 23.0 Å². The fourth-order valence-electron chi connectivity index (χ4n) is 3.21. The third-order valence-electron chi connectivity index (χ3n) is 4.73. The highest BCUT2D eigenvalue weighted by molar-refractivity contribution is 5.89. The molecule has 1 fully saturated rings. The van der Waals surface area contributed by atoms with Gasteiger partial charge in [0.1, 0.15) is 6.04 Å². The van der Waals surface area contributed by atoms with Crippen LogP contribution in [0, 0.1) is 6.92 Å². The average Bonchev–Trinajstić information content (AvgIpc) is 2.80. The van der Waals surface area contributed by atoms with E-state index in [1.165, 1.54) is 5.69 Å². The summed E-state index contributed by atoms with van der Waals surface area (Å²) < 4.78 is 7.52.